The van der Waals surface area contributed by atoms with E-state index in [0.717, 1.165) is 7.11 Å². The molecule has 0 aliphatic heterocycles. The largest absolute Gasteiger partial charge is 0.494 e. The molecule has 1 rings (SSSR count). The van der Waals surface area contributed by atoms with Crippen LogP contribution in [0.4, 0.5) is 22.0 Å². The third-order valence-electron chi connectivity index (χ3n) is 1.69. The summed E-state index contributed by atoms with van der Waals surface area (Å²) in [6.07, 6.45) is -7.62. The Kier molecular flexibility index (Phi) is 3.92. The summed E-state index contributed by atoms with van der Waals surface area (Å²) in [6, 6.07) is 0.655. The average molecular weight is 353 g/mol. The van der Waals surface area contributed by atoms with Crippen molar-refractivity contribution in [3.05, 3.63) is 21.0 Å². The minimum atomic E-state index is -4.73. The zero-order chi connectivity index (χ0) is 12.5. The second-order valence-corrected chi connectivity index (χ2v) is 3.74. The van der Waals surface area contributed by atoms with Crippen LogP contribution in [0, 0.1) is 3.70 Å². The van der Waals surface area contributed by atoms with E-state index in [-0.39, 0.29) is 3.70 Å². The van der Waals surface area contributed by atoms with Gasteiger partial charge in [-0.3, -0.25) is 0 Å². The molecule has 0 N–H and O–H groups in total. The topological polar surface area (TPSA) is 22.1 Å². The van der Waals surface area contributed by atoms with Crippen molar-refractivity contribution in [3.63, 3.8) is 0 Å². The molecule has 0 aromatic carbocycles. The minimum Gasteiger partial charge on any atom is -0.494 e. The van der Waals surface area contributed by atoms with Crippen LogP contribution in [0.1, 0.15) is 17.7 Å². The van der Waals surface area contributed by atoms with E-state index >= 15 is 0 Å². The number of hydrogen-bond donors (Lipinski definition) is 0. The smallest absolute Gasteiger partial charge is 0.437 e. The maximum Gasteiger partial charge on any atom is 0.437 e. The van der Waals surface area contributed by atoms with E-state index in [1.54, 1.807) is 0 Å². The second kappa shape index (κ2) is 4.68. The number of aromatic nitrogens is 1. The molecule has 2 nitrogen and oxygen atoms in total. The molecule has 8 heteroatoms. The normalized spacial score (nSPS) is 12.0. The van der Waals surface area contributed by atoms with Gasteiger partial charge in [0, 0.05) is 0 Å². The molecule has 0 fully saturated rings. The molecule has 16 heavy (non-hydrogen) atoms. The summed E-state index contributed by atoms with van der Waals surface area (Å²) in [5.41, 5.74) is -1.88. The monoisotopic (exact) mass is 353 g/mol. The highest BCUT2D eigenvalue weighted by Gasteiger charge is 2.37. The first-order valence-corrected chi connectivity index (χ1v) is 4.95. The summed E-state index contributed by atoms with van der Waals surface area (Å²) >= 11 is 1.33. The molecule has 1 heterocycles. The summed E-state index contributed by atoms with van der Waals surface area (Å²) in [6.45, 7) is 0. The van der Waals surface area contributed by atoms with Crippen molar-refractivity contribution in [3.8, 4) is 5.75 Å². The van der Waals surface area contributed by atoms with Gasteiger partial charge in [-0.25, -0.2) is 13.8 Å². The molecule has 0 saturated heterocycles. The maximum absolute atomic E-state index is 12.4. The van der Waals surface area contributed by atoms with Crippen LogP contribution in [0.5, 0.6) is 5.75 Å². The number of alkyl halides is 5. The summed E-state index contributed by atoms with van der Waals surface area (Å²) < 4.78 is 66.0. The van der Waals surface area contributed by atoms with Gasteiger partial charge in [-0.1, -0.05) is 0 Å². The van der Waals surface area contributed by atoms with Crippen molar-refractivity contribution in [1.82, 2.24) is 4.98 Å². The van der Waals surface area contributed by atoms with Crippen molar-refractivity contribution in [1.29, 1.82) is 0 Å². The Labute approximate surface area is 101 Å². The summed E-state index contributed by atoms with van der Waals surface area (Å²) in [5.74, 6) is -0.705. The van der Waals surface area contributed by atoms with Crippen LogP contribution >= 0.6 is 22.6 Å². The molecule has 0 spiro atoms. The van der Waals surface area contributed by atoms with Gasteiger partial charge in [0.2, 0.25) is 0 Å². The zero-order valence-electron chi connectivity index (χ0n) is 7.78. The van der Waals surface area contributed by atoms with Crippen LogP contribution in [0.15, 0.2) is 6.07 Å². The summed E-state index contributed by atoms with van der Waals surface area (Å²) in [7, 11) is 0.967. The molecule has 0 aliphatic carbocycles. The number of pyridine rings is 1. The second-order valence-electron chi connectivity index (χ2n) is 2.72. The van der Waals surface area contributed by atoms with Crippen molar-refractivity contribution in [2.24, 2.45) is 0 Å². The van der Waals surface area contributed by atoms with Crippen molar-refractivity contribution >= 4 is 22.6 Å². The molecule has 1 aromatic rings. The van der Waals surface area contributed by atoms with E-state index in [0.29, 0.717) is 6.07 Å². The number of ether oxygens (including phenoxy) is 1. The average Bonchev–Trinajstić information content (AvgIpc) is 2.15. The van der Waals surface area contributed by atoms with Gasteiger partial charge < -0.3 is 4.74 Å². The van der Waals surface area contributed by atoms with Crippen LogP contribution in [-0.4, -0.2) is 12.1 Å². The minimum absolute atomic E-state index is 0.388. The third kappa shape index (κ3) is 2.71. The lowest BCUT2D eigenvalue weighted by molar-refractivity contribution is -0.142. The first kappa shape index (κ1) is 13.4. The van der Waals surface area contributed by atoms with Crippen molar-refractivity contribution < 1.29 is 26.7 Å². The molecule has 0 amide bonds. The predicted molar refractivity (Wildman–Crippen MR) is 53.5 cm³/mol. The molecule has 0 bridgehead atoms. The Morgan fingerprint density at radius 3 is 2.31 bits per heavy atom. The van der Waals surface area contributed by atoms with E-state index in [1.165, 1.54) is 22.6 Å². The van der Waals surface area contributed by atoms with E-state index in [9.17, 15) is 22.0 Å². The van der Waals surface area contributed by atoms with Gasteiger partial charge in [0.1, 0.15) is 9.45 Å². The molecule has 0 radical (unpaired) electrons. The Balaban J connectivity index is 3.38. The van der Waals surface area contributed by atoms with E-state index in [2.05, 4.69) is 9.72 Å². The molecule has 90 valence electrons. The van der Waals surface area contributed by atoms with Crippen molar-refractivity contribution in [2.75, 3.05) is 7.11 Å². The summed E-state index contributed by atoms with van der Waals surface area (Å²) in [4.78, 5) is 3.09. The van der Waals surface area contributed by atoms with Crippen LogP contribution in [0.25, 0.3) is 0 Å². The Hall–Kier alpha value is -0.670. The van der Waals surface area contributed by atoms with E-state index in [4.69, 9.17) is 0 Å². The highest BCUT2D eigenvalue weighted by atomic mass is 127. The fraction of sp³-hybridized carbons (Fsp3) is 0.375. The first-order valence-electron chi connectivity index (χ1n) is 3.87. The van der Waals surface area contributed by atoms with Gasteiger partial charge in [-0.05, 0) is 28.7 Å². The SMILES string of the molecule is COc1cc(C(F)F)c(I)nc1C(F)(F)F. The Morgan fingerprint density at radius 2 is 1.94 bits per heavy atom. The Bertz CT molecular complexity index is 393. The molecular formula is C8H5F5INO. The van der Waals surface area contributed by atoms with Crippen molar-refractivity contribution in [2.45, 2.75) is 12.6 Å². The number of rotatable bonds is 2. The van der Waals surface area contributed by atoms with E-state index < -0.39 is 29.6 Å². The van der Waals surface area contributed by atoms with Gasteiger partial charge >= 0.3 is 6.18 Å². The number of nitrogens with zero attached hydrogens (tertiary/aromatic N) is 1. The van der Waals surface area contributed by atoms with Crippen LogP contribution in [0.2, 0.25) is 0 Å². The lowest BCUT2D eigenvalue weighted by Gasteiger charge is -2.13. The Morgan fingerprint density at radius 1 is 1.38 bits per heavy atom. The van der Waals surface area contributed by atoms with Crippen LogP contribution in [-0.2, 0) is 6.18 Å². The van der Waals surface area contributed by atoms with Gasteiger partial charge in [0.05, 0.1) is 12.7 Å². The third-order valence-corrected chi connectivity index (χ3v) is 2.56. The van der Waals surface area contributed by atoms with Crippen LogP contribution in [0.3, 0.4) is 0 Å². The standard InChI is InChI=1S/C8H5F5INO/c1-16-4-2-3(6(9)10)7(14)15-5(4)8(11,12)13/h2,6H,1H3. The lowest BCUT2D eigenvalue weighted by atomic mass is 10.2. The van der Waals surface area contributed by atoms with Gasteiger partial charge in [-0.15, -0.1) is 0 Å². The maximum atomic E-state index is 12.4. The van der Waals surface area contributed by atoms with E-state index in [1.807, 2.05) is 0 Å². The molecule has 0 unspecified atom stereocenters. The molecular weight excluding hydrogens is 348 g/mol. The fourth-order valence-corrected chi connectivity index (χ4v) is 1.63. The molecule has 1 aromatic heterocycles. The fourth-order valence-electron chi connectivity index (χ4n) is 0.999. The number of methoxy groups -OCH3 is 1. The lowest BCUT2D eigenvalue weighted by Crippen LogP contribution is -2.12. The number of halogens is 6. The molecule has 0 atom stereocenters. The highest BCUT2D eigenvalue weighted by molar-refractivity contribution is 14.1. The number of hydrogen-bond acceptors (Lipinski definition) is 2. The quantitative estimate of drug-likeness (QED) is 0.460. The van der Waals surface area contributed by atoms with Gasteiger partial charge in [0.25, 0.3) is 6.43 Å². The predicted octanol–water partition coefficient (Wildman–Crippen LogP) is 3.65. The highest BCUT2D eigenvalue weighted by Crippen LogP contribution is 2.37. The summed E-state index contributed by atoms with van der Waals surface area (Å²) in [5, 5.41) is 0. The van der Waals surface area contributed by atoms with Gasteiger partial charge in [-0.2, -0.15) is 13.2 Å². The zero-order valence-corrected chi connectivity index (χ0v) is 9.94. The molecule has 0 saturated carbocycles. The molecule has 0 aliphatic rings. The van der Waals surface area contributed by atoms with Gasteiger partial charge in [0.15, 0.2) is 5.69 Å². The first-order chi connectivity index (χ1) is 7.27. The van der Waals surface area contributed by atoms with Crippen LogP contribution < -0.4 is 4.74 Å².